The van der Waals surface area contributed by atoms with Gasteiger partial charge in [-0.25, -0.2) is 0 Å². The molecule has 0 atom stereocenters. The van der Waals surface area contributed by atoms with Crippen LogP contribution >= 0.6 is 0 Å². The van der Waals surface area contributed by atoms with Crippen molar-refractivity contribution in [1.82, 2.24) is 8.96 Å². The third-order valence-corrected chi connectivity index (χ3v) is 15.0. The van der Waals surface area contributed by atoms with Crippen molar-refractivity contribution in [3.05, 3.63) is 206 Å². The zero-order valence-electron chi connectivity index (χ0n) is 34.6. The molecule has 64 heavy (non-hydrogen) atoms. The molecule has 0 aliphatic carbocycles. The van der Waals surface area contributed by atoms with Gasteiger partial charge in [0.1, 0.15) is 0 Å². The summed E-state index contributed by atoms with van der Waals surface area (Å²) in [6.45, 7) is -0.190. The Morgan fingerprint density at radius 3 is 1.56 bits per heavy atom. The van der Waals surface area contributed by atoms with E-state index in [-0.39, 0.29) is 13.7 Å². The highest BCUT2D eigenvalue weighted by Gasteiger charge is 2.50. The monoisotopic (exact) mass is 808 g/mol. The number of aromatic nitrogens is 2. The maximum Gasteiger partial charge on any atom is 0.333 e. The summed E-state index contributed by atoms with van der Waals surface area (Å²) in [4.78, 5) is 5.21. The van der Waals surface area contributed by atoms with Crippen LogP contribution in [0.2, 0.25) is 0 Å². The fourth-order valence-corrected chi connectivity index (χ4v) is 12.7. The fourth-order valence-electron chi connectivity index (χ4n) is 12.7. The number of para-hydroxylation sites is 6. The molecule has 4 aliphatic rings. The maximum atomic E-state index is 2.70. The van der Waals surface area contributed by atoms with Crippen molar-refractivity contribution in [2.75, 3.05) is 9.80 Å². The predicted molar refractivity (Wildman–Crippen MR) is 271 cm³/mol. The predicted octanol–water partition coefficient (Wildman–Crippen LogP) is 11.9. The first kappa shape index (κ1) is 33.4. The molecule has 4 aliphatic heterocycles. The minimum Gasteiger partial charge on any atom is -0.375 e. The highest BCUT2D eigenvalue weighted by Crippen LogP contribution is 2.52. The van der Waals surface area contributed by atoms with Crippen molar-refractivity contribution < 1.29 is 0 Å². The minimum absolute atomic E-state index is 0.0938. The van der Waals surface area contributed by atoms with Gasteiger partial charge in [0.05, 0.1) is 5.69 Å². The summed E-state index contributed by atoms with van der Waals surface area (Å²) in [5, 5.41) is 7.66. The molecule has 6 heterocycles. The Morgan fingerprint density at radius 1 is 0.328 bits per heavy atom. The van der Waals surface area contributed by atoms with Gasteiger partial charge in [-0.3, -0.25) is 0 Å². The average Bonchev–Trinajstić information content (AvgIpc) is 3.88. The summed E-state index contributed by atoms with van der Waals surface area (Å²) in [7, 11) is 0. The van der Waals surface area contributed by atoms with E-state index in [0.29, 0.717) is 0 Å². The second-order valence-electron chi connectivity index (χ2n) is 17.9. The van der Waals surface area contributed by atoms with Gasteiger partial charge in [0, 0.05) is 88.7 Å². The number of anilines is 6. The lowest BCUT2D eigenvalue weighted by Crippen LogP contribution is -2.61. The van der Waals surface area contributed by atoms with Gasteiger partial charge < -0.3 is 18.8 Å². The first-order valence-corrected chi connectivity index (χ1v) is 22.4. The van der Waals surface area contributed by atoms with Crippen molar-refractivity contribution in [1.29, 1.82) is 0 Å². The SMILES string of the molecule is c1ccc(N2c3cc4ccccc4cc3B3c4c2cc2c(c4-c4cccc5c6ccccc6n3c45)N(c3ccccc3)c3cccc4c3B2n2c3ccccc3c3cccc-4c32)cc1. The van der Waals surface area contributed by atoms with Crippen LogP contribution < -0.4 is 31.7 Å². The van der Waals surface area contributed by atoms with Gasteiger partial charge in [0.15, 0.2) is 0 Å². The van der Waals surface area contributed by atoms with Gasteiger partial charge in [-0.2, -0.15) is 0 Å². The summed E-state index contributed by atoms with van der Waals surface area (Å²) >= 11 is 0. The summed E-state index contributed by atoms with van der Waals surface area (Å²) in [6, 6.07) is 77.7. The van der Waals surface area contributed by atoms with Crippen LogP contribution in [0.3, 0.4) is 0 Å². The molecule has 16 rings (SSSR count). The second kappa shape index (κ2) is 11.8. The van der Waals surface area contributed by atoms with Gasteiger partial charge >= 0.3 is 13.7 Å². The molecule has 0 saturated carbocycles. The Hall–Kier alpha value is -8.21. The van der Waals surface area contributed by atoms with Crippen LogP contribution in [0.5, 0.6) is 0 Å². The maximum absolute atomic E-state index is 2.70. The highest BCUT2D eigenvalue weighted by atomic mass is 15.2. The summed E-state index contributed by atoms with van der Waals surface area (Å²) < 4.78 is 5.39. The number of fused-ring (bicyclic) bond motifs is 16. The van der Waals surface area contributed by atoms with E-state index in [1.165, 1.54) is 121 Å². The highest BCUT2D eigenvalue weighted by molar-refractivity contribution is 6.93. The summed E-state index contributed by atoms with van der Waals surface area (Å²) in [5.41, 5.74) is 22.9. The molecular weight excluding hydrogens is 774 g/mol. The Balaban J connectivity index is 1.16. The largest absolute Gasteiger partial charge is 0.375 e. The number of nitrogens with zero attached hydrogens (tertiary/aromatic N) is 4. The van der Waals surface area contributed by atoms with E-state index in [4.69, 9.17) is 0 Å². The Labute approximate surface area is 369 Å². The van der Waals surface area contributed by atoms with Gasteiger partial charge in [-0.15, -0.1) is 0 Å². The van der Waals surface area contributed by atoms with E-state index in [1.54, 1.807) is 0 Å². The molecule has 0 N–H and O–H groups in total. The smallest absolute Gasteiger partial charge is 0.333 e. The van der Waals surface area contributed by atoms with Gasteiger partial charge in [-0.1, -0.05) is 152 Å². The number of benzene rings is 10. The molecule has 0 spiro atoms. The molecule has 0 saturated heterocycles. The molecular formula is C58H34B2N4. The zero-order valence-corrected chi connectivity index (χ0v) is 34.6. The molecule has 0 fully saturated rings. The lowest BCUT2D eigenvalue weighted by atomic mass is 9.41. The fraction of sp³-hybridized carbons (Fsp3) is 0. The van der Waals surface area contributed by atoms with Crippen molar-refractivity contribution in [2.24, 2.45) is 0 Å². The molecule has 12 aromatic rings. The molecule has 4 nitrogen and oxygen atoms in total. The van der Waals surface area contributed by atoms with Crippen LogP contribution in [0.4, 0.5) is 34.1 Å². The normalized spacial score (nSPS) is 13.8. The van der Waals surface area contributed by atoms with Crippen LogP contribution in [-0.4, -0.2) is 22.7 Å². The minimum atomic E-state index is -0.0962. The number of rotatable bonds is 2. The molecule has 0 amide bonds. The first-order valence-electron chi connectivity index (χ1n) is 22.4. The van der Waals surface area contributed by atoms with Gasteiger partial charge in [0.2, 0.25) is 0 Å². The topological polar surface area (TPSA) is 16.3 Å². The van der Waals surface area contributed by atoms with E-state index in [1.807, 2.05) is 0 Å². The van der Waals surface area contributed by atoms with Crippen LogP contribution in [0.15, 0.2) is 206 Å². The van der Waals surface area contributed by atoms with Crippen molar-refractivity contribution >= 4 is 124 Å². The second-order valence-corrected chi connectivity index (χ2v) is 17.9. The molecule has 6 heteroatoms. The third-order valence-electron chi connectivity index (χ3n) is 15.0. The molecule has 0 radical (unpaired) electrons. The van der Waals surface area contributed by atoms with Crippen LogP contribution in [0.1, 0.15) is 0 Å². The lowest BCUT2D eigenvalue weighted by molar-refractivity contribution is 1.23. The van der Waals surface area contributed by atoms with E-state index in [2.05, 4.69) is 225 Å². The van der Waals surface area contributed by atoms with Gasteiger partial charge in [0.25, 0.3) is 0 Å². The van der Waals surface area contributed by atoms with Gasteiger partial charge in [-0.05, 0) is 92.8 Å². The van der Waals surface area contributed by atoms with Crippen LogP contribution in [0.25, 0.3) is 76.6 Å². The summed E-state index contributed by atoms with van der Waals surface area (Å²) in [6.07, 6.45) is 0. The van der Waals surface area contributed by atoms with E-state index in [9.17, 15) is 0 Å². The van der Waals surface area contributed by atoms with Crippen LogP contribution in [0, 0.1) is 0 Å². The molecule has 292 valence electrons. The molecule has 0 unspecified atom stereocenters. The number of hydrogen-bond donors (Lipinski definition) is 0. The Kier molecular flexibility index (Phi) is 6.17. The zero-order chi connectivity index (χ0) is 41.4. The molecule has 2 aromatic heterocycles. The Morgan fingerprint density at radius 2 is 0.859 bits per heavy atom. The number of hydrogen-bond acceptors (Lipinski definition) is 2. The van der Waals surface area contributed by atoms with E-state index < -0.39 is 0 Å². The van der Waals surface area contributed by atoms with Crippen molar-refractivity contribution in [3.63, 3.8) is 0 Å². The van der Waals surface area contributed by atoms with Crippen molar-refractivity contribution in [3.8, 4) is 22.3 Å². The Bertz CT molecular complexity index is 4060. The lowest BCUT2D eigenvalue weighted by Gasteiger charge is -2.46. The summed E-state index contributed by atoms with van der Waals surface area (Å²) in [5.74, 6) is 0. The van der Waals surface area contributed by atoms with E-state index >= 15 is 0 Å². The van der Waals surface area contributed by atoms with Crippen molar-refractivity contribution in [2.45, 2.75) is 0 Å². The quantitative estimate of drug-likeness (QED) is 0.162. The molecule has 10 aromatic carbocycles. The van der Waals surface area contributed by atoms with E-state index in [0.717, 1.165) is 11.4 Å². The first-order chi connectivity index (χ1) is 31.8. The average molecular weight is 809 g/mol. The van der Waals surface area contributed by atoms with Crippen LogP contribution in [-0.2, 0) is 0 Å². The standard InChI is InChI=1S/C58H34B2N4/c1-3-18-37(19-4-1)61-51-33-36-17-8-7-16-35(36)32-46(51)59-55-52(61)34-47-58(53(55)45-28-14-26-43-40-23-10-12-30-49(40)64(59)57(43)45)62(38-20-5-2-6-21-38)50-31-15-24-41-44-27-13-25-42-39-22-9-11-29-48(39)63(56(42)44)60(47)54(41)50/h1-34H. The molecule has 0 bridgehead atoms. The third kappa shape index (κ3) is 3.95.